The van der Waals surface area contributed by atoms with Gasteiger partial charge in [0.05, 0.1) is 6.10 Å². The summed E-state index contributed by atoms with van der Waals surface area (Å²) in [5.74, 6) is 0. The Labute approximate surface area is 97.1 Å². The van der Waals surface area contributed by atoms with E-state index in [2.05, 4.69) is 20.3 Å². The van der Waals surface area contributed by atoms with Gasteiger partial charge in [0.25, 0.3) is 0 Å². The van der Waals surface area contributed by atoms with Gasteiger partial charge in [0.15, 0.2) is 0 Å². The molecule has 1 atom stereocenters. The zero-order valence-corrected chi connectivity index (χ0v) is 9.70. The van der Waals surface area contributed by atoms with E-state index >= 15 is 0 Å². The van der Waals surface area contributed by atoms with Crippen molar-refractivity contribution in [2.24, 2.45) is 0 Å². The standard InChI is InChI=1S/C10H13N3O2S/c1-7-9(13-15-12-7)4-11-5-10(14)8-2-3-16-6-8/h2-3,6,10-11,14H,4-5H2,1H3. The molecule has 86 valence electrons. The quantitative estimate of drug-likeness (QED) is 0.822. The Hall–Kier alpha value is -1.24. The highest BCUT2D eigenvalue weighted by molar-refractivity contribution is 7.07. The summed E-state index contributed by atoms with van der Waals surface area (Å²) in [5, 5.41) is 24.2. The first-order valence-electron chi connectivity index (χ1n) is 4.96. The van der Waals surface area contributed by atoms with E-state index in [0.717, 1.165) is 17.0 Å². The van der Waals surface area contributed by atoms with E-state index in [1.165, 1.54) is 0 Å². The first-order chi connectivity index (χ1) is 7.77. The molecule has 0 aromatic carbocycles. The average Bonchev–Trinajstić information content (AvgIpc) is 2.90. The summed E-state index contributed by atoms with van der Waals surface area (Å²) in [6.07, 6.45) is -0.480. The fraction of sp³-hybridized carbons (Fsp3) is 0.400. The van der Waals surface area contributed by atoms with Gasteiger partial charge in [-0.2, -0.15) is 11.3 Å². The van der Waals surface area contributed by atoms with Crippen molar-refractivity contribution < 1.29 is 9.74 Å². The summed E-state index contributed by atoms with van der Waals surface area (Å²) in [5.41, 5.74) is 2.49. The third-order valence-electron chi connectivity index (χ3n) is 2.30. The summed E-state index contributed by atoms with van der Waals surface area (Å²) in [6, 6.07) is 1.92. The molecule has 2 aromatic heterocycles. The smallest absolute Gasteiger partial charge is 0.121 e. The Bertz CT molecular complexity index is 427. The van der Waals surface area contributed by atoms with Crippen molar-refractivity contribution in [3.63, 3.8) is 0 Å². The first kappa shape index (κ1) is 11.3. The average molecular weight is 239 g/mol. The topological polar surface area (TPSA) is 71.2 Å². The number of nitrogens with one attached hydrogen (secondary N) is 1. The fourth-order valence-corrected chi connectivity index (χ4v) is 2.03. The molecule has 0 fully saturated rings. The molecule has 0 amide bonds. The molecule has 0 spiro atoms. The summed E-state index contributed by atoms with van der Waals surface area (Å²) in [6.45, 7) is 2.88. The molecule has 0 bridgehead atoms. The molecule has 0 saturated carbocycles. The summed E-state index contributed by atoms with van der Waals surface area (Å²) in [7, 11) is 0. The third-order valence-corrected chi connectivity index (χ3v) is 3.01. The molecule has 0 radical (unpaired) electrons. The normalized spacial score (nSPS) is 12.9. The zero-order chi connectivity index (χ0) is 11.4. The Kier molecular flexibility index (Phi) is 3.66. The predicted octanol–water partition coefficient (Wildman–Crippen LogP) is 1.26. The van der Waals surface area contributed by atoms with E-state index in [9.17, 15) is 5.11 Å². The van der Waals surface area contributed by atoms with Crippen molar-refractivity contribution in [2.75, 3.05) is 6.54 Å². The molecule has 2 aromatic rings. The predicted molar refractivity (Wildman–Crippen MR) is 60.0 cm³/mol. The van der Waals surface area contributed by atoms with Gasteiger partial charge in [-0.1, -0.05) is 10.3 Å². The van der Waals surface area contributed by atoms with Crippen LogP contribution in [0.15, 0.2) is 21.5 Å². The maximum atomic E-state index is 9.79. The molecule has 6 heteroatoms. The monoisotopic (exact) mass is 239 g/mol. The number of aliphatic hydroxyl groups is 1. The lowest BCUT2D eigenvalue weighted by atomic mass is 10.2. The Balaban J connectivity index is 1.78. The van der Waals surface area contributed by atoms with Gasteiger partial charge in [0.1, 0.15) is 11.4 Å². The van der Waals surface area contributed by atoms with Crippen LogP contribution in [0, 0.1) is 6.92 Å². The van der Waals surface area contributed by atoms with Crippen molar-refractivity contribution in [1.29, 1.82) is 0 Å². The molecule has 0 aliphatic rings. The number of aromatic nitrogens is 2. The van der Waals surface area contributed by atoms with Crippen molar-refractivity contribution in [1.82, 2.24) is 15.6 Å². The van der Waals surface area contributed by atoms with Gasteiger partial charge in [0.2, 0.25) is 0 Å². The van der Waals surface area contributed by atoms with Gasteiger partial charge in [-0.3, -0.25) is 0 Å². The lowest BCUT2D eigenvalue weighted by Crippen LogP contribution is -2.21. The molecule has 0 aliphatic carbocycles. The minimum atomic E-state index is -0.480. The Morgan fingerprint density at radius 2 is 2.44 bits per heavy atom. The zero-order valence-electron chi connectivity index (χ0n) is 8.88. The number of hydrogen-bond donors (Lipinski definition) is 2. The maximum absolute atomic E-state index is 9.79. The molecule has 2 rings (SSSR count). The molecule has 5 nitrogen and oxygen atoms in total. The lowest BCUT2D eigenvalue weighted by molar-refractivity contribution is 0.174. The molecular formula is C10H13N3O2S. The summed E-state index contributed by atoms with van der Waals surface area (Å²) >= 11 is 1.58. The number of rotatable bonds is 5. The van der Waals surface area contributed by atoms with Crippen LogP contribution in [0.5, 0.6) is 0 Å². The van der Waals surface area contributed by atoms with Gasteiger partial charge >= 0.3 is 0 Å². The van der Waals surface area contributed by atoms with E-state index in [1.54, 1.807) is 11.3 Å². The Morgan fingerprint density at radius 1 is 1.56 bits per heavy atom. The van der Waals surface area contributed by atoms with Crippen molar-refractivity contribution in [3.05, 3.63) is 33.8 Å². The summed E-state index contributed by atoms with van der Waals surface area (Å²) in [4.78, 5) is 0. The third kappa shape index (κ3) is 2.66. The highest BCUT2D eigenvalue weighted by atomic mass is 32.1. The van der Waals surface area contributed by atoms with E-state index in [1.807, 2.05) is 23.8 Å². The number of aryl methyl sites for hydroxylation is 1. The van der Waals surface area contributed by atoms with Crippen LogP contribution in [0.4, 0.5) is 0 Å². The van der Waals surface area contributed by atoms with E-state index in [4.69, 9.17) is 0 Å². The van der Waals surface area contributed by atoms with Gasteiger partial charge in [-0.15, -0.1) is 0 Å². The highest BCUT2D eigenvalue weighted by Gasteiger charge is 2.09. The van der Waals surface area contributed by atoms with E-state index in [0.29, 0.717) is 13.1 Å². The maximum Gasteiger partial charge on any atom is 0.121 e. The number of nitrogens with zero attached hydrogens (tertiary/aromatic N) is 2. The lowest BCUT2D eigenvalue weighted by Gasteiger charge is -2.09. The second kappa shape index (κ2) is 5.20. The molecule has 2 heterocycles. The van der Waals surface area contributed by atoms with Crippen LogP contribution >= 0.6 is 11.3 Å². The van der Waals surface area contributed by atoms with Crippen molar-refractivity contribution >= 4 is 11.3 Å². The van der Waals surface area contributed by atoms with Crippen LogP contribution in [0.3, 0.4) is 0 Å². The Morgan fingerprint density at radius 3 is 3.06 bits per heavy atom. The van der Waals surface area contributed by atoms with Gasteiger partial charge < -0.3 is 10.4 Å². The van der Waals surface area contributed by atoms with Gasteiger partial charge in [0, 0.05) is 13.1 Å². The van der Waals surface area contributed by atoms with Crippen LogP contribution < -0.4 is 5.32 Å². The van der Waals surface area contributed by atoms with Crippen molar-refractivity contribution in [3.8, 4) is 0 Å². The van der Waals surface area contributed by atoms with Crippen LogP contribution in [0.25, 0.3) is 0 Å². The minimum Gasteiger partial charge on any atom is -0.387 e. The van der Waals surface area contributed by atoms with Crippen LogP contribution in [0.1, 0.15) is 23.1 Å². The largest absolute Gasteiger partial charge is 0.387 e. The SMILES string of the molecule is Cc1nonc1CNCC(O)c1ccsc1. The van der Waals surface area contributed by atoms with E-state index in [-0.39, 0.29) is 0 Å². The summed E-state index contributed by atoms with van der Waals surface area (Å²) < 4.78 is 4.57. The molecule has 2 N–H and O–H groups in total. The molecule has 0 saturated heterocycles. The van der Waals surface area contributed by atoms with Gasteiger partial charge in [-0.05, 0) is 29.3 Å². The first-order valence-corrected chi connectivity index (χ1v) is 5.90. The highest BCUT2D eigenvalue weighted by Crippen LogP contribution is 2.15. The second-order valence-corrected chi connectivity index (χ2v) is 4.28. The number of aliphatic hydroxyl groups excluding tert-OH is 1. The molecule has 16 heavy (non-hydrogen) atoms. The second-order valence-electron chi connectivity index (χ2n) is 3.50. The van der Waals surface area contributed by atoms with Crippen LogP contribution in [-0.2, 0) is 6.54 Å². The molecular weight excluding hydrogens is 226 g/mol. The van der Waals surface area contributed by atoms with E-state index < -0.39 is 6.10 Å². The minimum absolute atomic E-state index is 0.480. The van der Waals surface area contributed by atoms with Crippen molar-refractivity contribution in [2.45, 2.75) is 19.6 Å². The number of hydrogen-bond acceptors (Lipinski definition) is 6. The fourth-order valence-electron chi connectivity index (χ4n) is 1.32. The molecule has 0 aliphatic heterocycles. The number of thiophene rings is 1. The molecule has 1 unspecified atom stereocenters. The van der Waals surface area contributed by atoms with Gasteiger partial charge in [-0.25, -0.2) is 4.63 Å². The van der Waals surface area contributed by atoms with Crippen LogP contribution in [-0.4, -0.2) is 22.0 Å². The van der Waals surface area contributed by atoms with Crippen LogP contribution in [0.2, 0.25) is 0 Å².